The lowest BCUT2D eigenvalue weighted by atomic mass is 9.45. The van der Waals surface area contributed by atoms with Gasteiger partial charge in [0.25, 0.3) is 5.78 Å². The molecule has 0 aromatic carbocycles. The lowest BCUT2D eigenvalue weighted by Crippen LogP contribution is -2.65. The zero-order valence-electron chi connectivity index (χ0n) is 20.0. The molecule has 0 aromatic heterocycles. The van der Waals surface area contributed by atoms with Crippen LogP contribution >= 0.6 is 0 Å². The first-order chi connectivity index (χ1) is 15.8. The third kappa shape index (κ3) is 3.17. The van der Waals surface area contributed by atoms with Crippen LogP contribution in [0.4, 0.5) is 4.39 Å². The van der Waals surface area contributed by atoms with Gasteiger partial charge >= 0.3 is 11.9 Å². The van der Waals surface area contributed by atoms with Crippen LogP contribution in [0.3, 0.4) is 0 Å². The first-order valence-corrected chi connectivity index (χ1v) is 12.1. The van der Waals surface area contributed by atoms with Crippen molar-refractivity contribution in [2.75, 3.05) is 0 Å². The third-order valence-corrected chi connectivity index (χ3v) is 9.28. The molecule has 4 rings (SSSR count). The number of allylic oxidation sites excluding steroid dienone is 4. The second kappa shape index (κ2) is 8.11. The lowest BCUT2D eigenvalue weighted by molar-refractivity contribution is -0.207. The molecule has 0 amide bonds. The van der Waals surface area contributed by atoms with E-state index in [-0.39, 0.29) is 36.9 Å². The fraction of sp³-hybridized carbons (Fsp3) is 0.692. The number of carboxylic acid groups (broad SMARTS) is 1. The number of aliphatic hydroxyl groups is 1. The molecule has 186 valence electrons. The van der Waals surface area contributed by atoms with Gasteiger partial charge in [0, 0.05) is 29.1 Å². The summed E-state index contributed by atoms with van der Waals surface area (Å²) in [6.45, 7) is 7.02. The van der Waals surface area contributed by atoms with Crippen molar-refractivity contribution in [3.05, 3.63) is 23.8 Å². The molecule has 0 radical (unpaired) electrons. The normalized spacial score (nSPS) is 45.0. The lowest BCUT2D eigenvalue weighted by Gasteiger charge is -2.60. The minimum Gasteiger partial charge on any atom is -0.475 e. The number of aliphatic hydroxyl groups excluding tert-OH is 1. The fourth-order valence-corrected chi connectivity index (χ4v) is 7.99. The molecule has 0 aliphatic heterocycles. The number of aliphatic carboxylic acids is 1. The van der Waals surface area contributed by atoms with Gasteiger partial charge in [-0.25, -0.2) is 9.18 Å². The molecule has 2 N–H and O–H groups in total. The minimum atomic E-state index is -1.94. The highest BCUT2D eigenvalue weighted by atomic mass is 19.1. The molecule has 7 nitrogen and oxygen atoms in total. The van der Waals surface area contributed by atoms with Crippen LogP contribution in [-0.2, 0) is 23.9 Å². The van der Waals surface area contributed by atoms with Gasteiger partial charge in [0.2, 0.25) is 0 Å². The van der Waals surface area contributed by atoms with E-state index in [9.17, 15) is 29.4 Å². The number of esters is 1. The van der Waals surface area contributed by atoms with Crippen LogP contribution in [-0.4, -0.2) is 51.6 Å². The minimum absolute atomic E-state index is 0.0310. The van der Waals surface area contributed by atoms with Gasteiger partial charge in [0.15, 0.2) is 11.4 Å². The Morgan fingerprint density at radius 1 is 1.24 bits per heavy atom. The van der Waals surface area contributed by atoms with E-state index < -0.39 is 58.3 Å². The van der Waals surface area contributed by atoms with E-state index in [0.717, 1.165) is 0 Å². The van der Waals surface area contributed by atoms with Crippen molar-refractivity contribution in [3.63, 3.8) is 0 Å². The van der Waals surface area contributed by atoms with Gasteiger partial charge in [-0.05, 0) is 55.2 Å². The Balaban J connectivity index is 1.83. The maximum Gasteiger partial charge on any atom is 0.376 e. The van der Waals surface area contributed by atoms with Gasteiger partial charge in [0.1, 0.15) is 6.17 Å². The largest absolute Gasteiger partial charge is 0.475 e. The number of ether oxygens (including phenoxy) is 1. The quantitative estimate of drug-likeness (QED) is 0.462. The Hall–Kier alpha value is -2.35. The average Bonchev–Trinajstić information content (AvgIpc) is 2.96. The highest BCUT2D eigenvalue weighted by molar-refractivity contribution is 6.36. The Kier molecular flexibility index (Phi) is 5.91. The number of halogens is 1. The molecule has 3 fully saturated rings. The number of carbonyl (C=O) groups is 4. The molecule has 9 atom stereocenters. The van der Waals surface area contributed by atoms with Gasteiger partial charge in [-0.2, -0.15) is 0 Å². The second-order valence-electron chi connectivity index (χ2n) is 11.0. The van der Waals surface area contributed by atoms with E-state index in [0.29, 0.717) is 18.4 Å². The van der Waals surface area contributed by atoms with Gasteiger partial charge in [-0.15, -0.1) is 0 Å². The van der Waals surface area contributed by atoms with E-state index in [2.05, 4.69) is 0 Å². The fourth-order valence-electron chi connectivity index (χ4n) is 7.99. The second-order valence-corrected chi connectivity index (χ2v) is 11.0. The molecule has 4 aliphatic carbocycles. The van der Waals surface area contributed by atoms with Crippen LogP contribution in [0, 0.1) is 34.5 Å². The summed E-state index contributed by atoms with van der Waals surface area (Å²) in [6, 6.07) is 0. The first-order valence-electron chi connectivity index (χ1n) is 12.1. The zero-order valence-corrected chi connectivity index (χ0v) is 20.0. The molecular weight excluding hydrogens is 443 g/mol. The Morgan fingerprint density at radius 3 is 2.53 bits per heavy atom. The molecule has 0 unspecified atom stereocenters. The summed E-state index contributed by atoms with van der Waals surface area (Å²) >= 11 is 0. The Bertz CT molecular complexity index is 1000. The predicted molar refractivity (Wildman–Crippen MR) is 119 cm³/mol. The average molecular weight is 477 g/mol. The van der Waals surface area contributed by atoms with E-state index in [1.807, 2.05) is 6.92 Å². The molecule has 34 heavy (non-hydrogen) atoms. The number of hydrogen-bond donors (Lipinski definition) is 2. The number of alkyl halides is 1. The summed E-state index contributed by atoms with van der Waals surface area (Å²) in [5.74, 6) is -5.59. The molecule has 0 spiro atoms. The molecule has 4 aliphatic rings. The molecule has 8 heteroatoms. The molecule has 0 aromatic rings. The molecule has 0 bridgehead atoms. The van der Waals surface area contributed by atoms with E-state index in [1.165, 1.54) is 12.2 Å². The van der Waals surface area contributed by atoms with Crippen molar-refractivity contribution >= 4 is 23.5 Å². The molecular formula is C26H33FO7. The van der Waals surface area contributed by atoms with Crippen LogP contribution < -0.4 is 0 Å². The van der Waals surface area contributed by atoms with Crippen molar-refractivity contribution in [2.24, 2.45) is 34.5 Å². The standard InChI is InChI=1S/C26H33FO7/c1-5-6-20(30)34-26(22(31)23(32)33)13(2)9-16-15-11-18(27)17-10-14(28)7-8-24(17,3)21(15)19(29)12-25(16,26)4/h7-8,10,13,15-16,18-19,21,29H,5-6,9,11-12H2,1-4H3,(H,32,33)/t13-,15+,16+,18+,19+,21-,24+,25+,26+/m1/s1. The summed E-state index contributed by atoms with van der Waals surface area (Å²) in [4.78, 5) is 49.8. The van der Waals surface area contributed by atoms with Crippen LogP contribution in [0.25, 0.3) is 0 Å². The molecule has 0 saturated heterocycles. The van der Waals surface area contributed by atoms with Gasteiger partial charge in [0.05, 0.1) is 6.10 Å². The number of fused-ring (bicyclic) bond motifs is 5. The van der Waals surface area contributed by atoms with Crippen LogP contribution in [0.2, 0.25) is 0 Å². The highest BCUT2D eigenvalue weighted by Crippen LogP contribution is 2.69. The number of hydrogen-bond acceptors (Lipinski definition) is 6. The van der Waals surface area contributed by atoms with Crippen LogP contribution in [0.15, 0.2) is 23.8 Å². The van der Waals surface area contributed by atoms with Crippen LogP contribution in [0.5, 0.6) is 0 Å². The van der Waals surface area contributed by atoms with Crippen molar-refractivity contribution < 1.29 is 38.5 Å². The van der Waals surface area contributed by atoms with Gasteiger partial charge in [-0.1, -0.05) is 33.8 Å². The summed E-state index contributed by atoms with van der Waals surface area (Å²) < 4.78 is 21.3. The van der Waals surface area contributed by atoms with Gasteiger partial charge in [-0.3, -0.25) is 14.4 Å². The number of ketones is 2. The molecule has 3 saturated carbocycles. The number of Topliss-reactive ketones (excluding diaryl/α,β-unsaturated/α-hetero) is 1. The van der Waals surface area contributed by atoms with Crippen molar-refractivity contribution in [3.8, 4) is 0 Å². The number of carboxylic acids is 1. The number of carbonyl (C=O) groups excluding carboxylic acids is 3. The topological polar surface area (TPSA) is 118 Å². The monoisotopic (exact) mass is 476 g/mol. The molecule has 0 heterocycles. The summed E-state index contributed by atoms with van der Waals surface area (Å²) in [7, 11) is 0. The Morgan fingerprint density at radius 2 is 1.91 bits per heavy atom. The zero-order chi connectivity index (χ0) is 25.2. The van der Waals surface area contributed by atoms with Crippen molar-refractivity contribution in [1.29, 1.82) is 0 Å². The summed E-state index contributed by atoms with van der Waals surface area (Å²) in [5, 5.41) is 21.2. The first kappa shape index (κ1) is 24.8. The SMILES string of the molecule is CCCC(=O)O[C@]1(C(=O)C(=O)O)[C@H](C)C[C@H]2[C@@H]3C[C@H](F)C4=CC(=O)C=C[C@]4(C)[C@H]3[C@@H](O)C[C@@]21C. The number of rotatable bonds is 5. The van der Waals surface area contributed by atoms with Gasteiger partial charge < -0.3 is 14.9 Å². The predicted octanol–water partition coefficient (Wildman–Crippen LogP) is 3.19. The smallest absolute Gasteiger partial charge is 0.376 e. The van der Waals surface area contributed by atoms with Crippen molar-refractivity contribution in [1.82, 2.24) is 0 Å². The Labute approximate surface area is 198 Å². The maximum absolute atomic E-state index is 15.5. The van der Waals surface area contributed by atoms with E-state index in [1.54, 1.807) is 26.8 Å². The summed E-state index contributed by atoms with van der Waals surface area (Å²) in [6.07, 6.45) is 2.95. The van der Waals surface area contributed by atoms with E-state index in [4.69, 9.17) is 4.74 Å². The third-order valence-electron chi connectivity index (χ3n) is 9.28. The van der Waals surface area contributed by atoms with Crippen molar-refractivity contribution in [2.45, 2.75) is 77.7 Å². The highest BCUT2D eigenvalue weighted by Gasteiger charge is 2.74. The van der Waals surface area contributed by atoms with E-state index >= 15 is 4.39 Å². The summed E-state index contributed by atoms with van der Waals surface area (Å²) in [5.41, 5.74) is -3.64. The van der Waals surface area contributed by atoms with Crippen LogP contribution in [0.1, 0.15) is 59.8 Å². The maximum atomic E-state index is 15.5.